The van der Waals surface area contributed by atoms with Crippen LogP contribution in [0.4, 0.5) is 0 Å². The topological polar surface area (TPSA) is 53.7 Å². The maximum absolute atomic E-state index is 6.12. The molecule has 0 radical (unpaired) electrons. The minimum atomic E-state index is 0.205. The Balaban J connectivity index is 2.07. The van der Waals surface area contributed by atoms with Gasteiger partial charge in [0.25, 0.3) is 0 Å². The Morgan fingerprint density at radius 3 is 2.70 bits per heavy atom. The van der Waals surface area contributed by atoms with Crippen LogP contribution in [0.15, 0.2) is 18.2 Å². The molecule has 2 rings (SSSR count). The molecular weight excluding hydrogens is 254 g/mol. The molecule has 2 atom stereocenters. The van der Waals surface area contributed by atoms with Crippen LogP contribution in [0.1, 0.15) is 38.2 Å². The summed E-state index contributed by atoms with van der Waals surface area (Å²) in [5.74, 6) is 1.60. The highest BCUT2D eigenvalue weighted by Gasteiger charge is 2.24. The minimum Gasteiger partial charge on any atom is -0.490 e. The minimum absolute atomic E-state index is 0.205. The van der Waals surface area contributed by atoms with Gasteiger partial charge in [-0.05, 0) is 43.9 Å². The van der Waals surface area contributed by atoms with Gasteiger partial charge in [-0.1, -0.05) is 6.07 Å². The van der Waals surface area contributed by atoms with E-state index in [1.54, 1.807) is 7.11 Å². The summed E-state index contributed by atoms with van der Waals surface area (Å²) in [7, 11) is 1.77. The lowest BCUT2D eigenvalue weighted by Gasteiger charge is -2.29. The van der Waals surface area contributed by atoms with Gasteiger partial charge in [0.05, 0.1) is 12.7 Å². The highest BCUT2D eigenvalue weighted by atomic mass is 16.5. The van der Waals surface area contributed by atoms with Gasteiger partial charge in [-0.25, -0.2) is 0 Å². The highest BCUT2D eigenvalue weighted by Crippen LogP contribution is 2.32. The summed E-state index contributed by atoms with van der Waals surface area (Å²) in [5.41, 5.74) is 6.73. The molecule has 0 bridgehead atoms. The number of ether oxygens (including phenoxy) is 3. The molecule has 1 saturated carbocycles. The van der Waals surface area contributed by atoms with Crippen molar-refractivity contribution in [1.82, 2.24) is 0 Å². The fraction of sp³-hybridized carbons (Fsp3) is 0.625. The lowest BCUT2D eigenvalue weighted by Crippen LogP contribution is -2.29. The van der Waals surface area contributed by atoms with Crippen molar-refractivity contribution in [3.8, 4) is 11.5 Å². The predicted molar refractivity (Wildman–Crippen MR) is 79.2 cm³/mol. The van der Waals surface area contributed by atoms with Gasteiger partial charge in [0.1, 0.15) is 6.10 Å². The molecule has 1 aliphatic carbocycles. The normalized spacial score (nSPS) is 22.6. The van der Waals surface area contributed by atoms with Crippen LogP contribution in [0.2, 0.25) is 0 Å². The fourth-order valence-electron chi connectivity index (χ4n) is 2.65. The molecule has 1 fully saturated rings. The van der Waals surface area contributed by atoms with Gasteiger partial charge in [0, 0.05) is 20.1 Å². The number of rotatable bonds is 6. The third-order valence-electron chi connectivity index (χ3n) is 3.75. The first kappa shape index (κ1) is 15.1. The standard InChI is InChI=1S/C16H25NO3/c1-3-19-16-9-12(11-17)7-8-15(16)20-14-6-4-5-13(10-14)18-2/h7-9,13-14H,3-6,10-11,17H2,1-2H3. The lowest BCUT2D eigenvalue weighted by atomic mass is 9.95. The van der Waals surface area contributed by atoms with E-state index in [1.807, 2.05) is 25.1 Å². The molecule has 1 aromatic carbocycles. The van der Waals surface area contributed by atoms with Crippen molar-refractivity contribution in [3.63, 3.8) is 0 Å². The zero-order valence-corrected chi connectivity index (χ0v) is 12.4. The molecule has 4 heteroatoms. The maximum Gasteiger partial charge on any atom is 0.161 e. The van der Waals surface area contributed by atoms with Gasteiger partial charge in [-0.3, -0.25) is 0 Å². The van der Waals surface area contributed by atoms with Crippen molar-refractivity contribution in [2.75, 3.05) is 13.7 Å². The smallest absolute Gasteiger partial charge is 0.161 e. The first-order chi connectivity index (χ1) is 9.76. The first-order valence-corrected chi connectivity index (χ1v) is 7.42. The van der Waals surface area contributed by atoms with Gasteiger partial charge in [-0.15, -0.1) is 0 Å². The average Bonchev–Trinajstić information content (AvgIpc) is 2.49. The Bertz CT molecular complexity index is 422. The second kappa shape index (κ2) is 7.50. The number of benzene rings is 1. The van der Waals surface area contributed by atoms with Crippen molar-refractivity contribution in [2.24, 2.45) is 5.73 Å². The second-order valence-electron chi connectivity index (χ2n) is 5.18. The molecule has 20 heavy (non-hydrogen) atoms. The number of hydrogen-bond acceptors (Lipinski definition) is 4. The zero-order chi connectivity index (χ0) is 14.4. The van der Waals surface area contributed by atoms with E-state index in [4.69, 9.17) is 19.9 Å². The molecule has 0 heterocycles. The Kier molecular flexibility index (Phi) is 5.68. The Morgan fingerprint density at radius 2 is 2.00 bits per heavy atom. The lowest BCUT2D eigenvalue weighted by molar-refractivity contribution is 0.0200. The van der Waals surface area contributed by atoms with Crippen LogP contribution in [-0.4, -0.2) is 25.9 Å². The van der Waals surface area contributed by atoms with Crippen molar-refractivity contribution in [2.45, 2.75) is 51.4 Å². The summed E-state index contributed by atoms with van der Waals surface area (Å²) in [4.78, 5) is 0. The molecule has 0 amide bonds. The van der Waals surface area contributed by atoms with Crippen LogP contribution >= 0.6 is 0 Å². The van der Waals surface area contributed by atoms with Crippen LogP contribution < -0.4 is 15.2 Å². The van der Waals surface area contributed by atoms with Crippen molar-refractivity contribution >= 4 is 0 Å². The monoisotopic (exact) mass is 279 g/mol. The van der Waals surface area contributed by atoms with E-state index in [9.17, 15) is 0 Å². The van der Waals surface area contributed by atoms with E-state index < -0.39 is 0 Å². The van der Waals surface area contributed by atoms with Gasteiger partial charge in [0.2, 0.25) is 0 Å². The van der Waals surface area contributed by atoms with Gasteiger partial charge in [-0.2, -0.15) is 0 Å². The van der Waals surface area contributed by atoms with Crippen molar-refractivity contribution < 1.29 is 14.2 Å². The SMILES string of the molecule is CCOc1cc(CN)ccc1OC1CCCC(OC)C1. The molecule has 0 spiro atoms. The van der Waals surface area contributed by atoms with E-state index in [2.05, 4.69) is 0 Å². The van der Waals surface area contributed by atoms with Gasteiger partial charge < -0.3 is 19.9 Å². The van der Waals surface area contributed by atoms with Crippen LogP contribution in [0.3, 0.4) is 0 Å². The summed E-state index contributed by atoms with van der Waals surface area (Å²) >= 11 is 0. The summed E-state index contributed by atoms with van der Waals surface area (Å²) in [6.45, 7) is 3.10. The number of nitrogens with two attached hydrogens (primary N) is 1. The van der Waals surface area contributed by atoms with E-state index in [-0.39, 0.29) is 6.10 Å². The molecule has 1 aromatic rings. The maximum atomic E-state index is 6.12. The zero-order valence-electron chi connectivity index (χ0n) is 12.4. The average molecular weight is 279 g/mol. The molecule has 2 N–H and O–H groups in total. The predicted octanol–water partition coefficient (Wildman–Crippen LogP) is 2.88. The summed E-state index contributed by atoms with van der Waals surface area (Å²) in [6.07, 6.45) is 4.81. The fourth-order valence-corrected chi connectivity index (χ4v) is 2.65. The van der Waals surface area contributed by atoms with Gasteiger partial charge in [0.15, 0.2) is 11.5 Å². The summed E-state index contributed by atoms with van der Waals surface area (Å²) in [6, 6.07) is 5.92. The van der Waals surface area contributed by atoms with E-state index in [1.165, 1.54) is 0 Å². The quantitative estimate of drug-likeness (QED) is 0.870. The molecule has 2 unspecified atom stereocenters. The second-order valence-corrected chi connectivity index (χ2v) is 5.18. The molecular formula is C16H25NO3. The summed E-state index contributed by atoms with van der Waals surface area (Å²) in [5, 5.41) is 0. The molecule has 1 aliphatic rings. The third kappa shape index (κ3) is 3.87. The largest absolute Gasteiger partial charge is 0.490 e. The van der Waals surface area contributed by atoms with E-state index in [0.29, 0.717) is 19.3 Å². The van der Waals surface area contributed by atoms with Crippen molar-refractivity contribution in [3.05, 3.63) is 23.8 Å². The summed E-state index contributed by atoms with van der Waals surface area (Å²) < 4.78 is 17.2. The number of methoxy groups -OCH3 is 1. The molecule has 0 aliphatic heterocycles. The first-order valence-electron chi connectivity index (χ1n) is 7.42. The van der Waals surface area contributed by atoms with Crippen LogP contribution in [-0.2, 0) is 11.3 Å². The number of hydrogen-bond donors (Lipinski definition) is 1. The van der Waals surface area contributed by atoms with Crippen molar-refractivity contribution in [1.29, 1.82) is 0 Å². The Morgan fingerprint density at radius 1 is 1.20 bits per heavy atom. The van der Waals surface area contributed by atoms with E-state index in [0.717, 1.165) is 42.7 Å². The van der Waals surface area contributed by atoms with E-state index >= 15 is 0 Å². The Labute approximate surface area is 121 Å². The Hall–Kier alpha value is -1.26. The third-order valence-corrected chi connectivity index (χ3v) is 3.75. The molecule has 0 saturated heterocycles. The van der Waals surface area contributed by atoms with Crippen LogP contribution in [0.25, 0.3) is 0 Å². The van der Waals surface area contributed by atoms with Crippen LogP contribution in [0, 0.1) is 0 Å². The molecule has 112 valence electrons. The highest BCUT2D eigenvalue weighted by molar-refractivity contribution is 5.43. The molecule has 0 aromatic heterocycles. The molecule has 4 nitrogen and oxygen atoms in total. The van der Waals surface area contributed by atoms with Gasteiger partial charge >= 0.3 is 0 Å². The van der Waals surface area contributed by atoms with Crippen LogP contribution in [0.5, 0.6) is 11.5 Å².